The Kier molecular flexibility index (Phi) is 4.25. The fraction of sp³-hybridized carbons (Fsp3) is 0. The third-order valence-electron chi connectivity index (χ3n) is 3.07. The van der Waals surface area contributed by atoms with Gasteiger partial charge in [0.2, 0.25) is 5.95 Å². The number of nitro groups is 1. The number of nitrogens with zero attached hydrogens (tertiary/aromatic N) is 3. The van der Waals surface area contributed by atoms with Gasteiger partial charge in [-0.1, -0.05) is 12.1 Å². The van der Waals surface area contributed by atoms with Gasteiger partial charge >= 0.3 is 0 Å². The van der Waals surface area contributed by atoms with Crippen molar-refractivity contribution in [2.45, 2.75) is 0 Å². The monoisotopic (exact) mass is 344 g/mol. The minimum Gasteiger partial charge on any atom is -0.298 e. The van der Waals surface area contributed by atoms with E-state index in [1.807, 2.05) is 0 Å². The molecule has 2 heterocycles. The molecule has 3 rings (SSSR count). The number of halogens is 1. The molecular formula is C15H9FN4O3S. The van der Waals surface area contributed by atoms with Gasteiger partial charge in [-0.3, -0.25) is 20.2 Å². The van der Waals surface area contributed by atoms with Crippen molar-refractivity contribution in [1.82, 2.24) is 9.97 Å². The normalized spacial score (nSPS) is 10.4. The summed E-state index contributed by atoms with van der Waals surface area (Å²) in [5, 5.41) is 15.3. The maximum absolute atomic E-state index is 13.0. The van der Waals surface area contributed by atoms with E-state index in [1.54, 1.807) is 17.5 Å². The second-order valence-corrected chi connectivity index (χ2v) is 5.52. The zero-order valence-electron chi connectivity index (χ0n) is 12.0. The highest BCUT2D eigenvalue weighted by Gasteiger charge is 2.13. The first-order valence-electron chi connectivity index (χ1n) is 6.66. The predicted octanol–water partition coefficient (Wildman–Crippen LogP) is 3.50. The van der Waals surface area contributed by atoms with Crippen molar-refractivity contribution in [1.29, 1.82) is 0 Å². The summed E-state index contributed by atoms with van der Waals surface area (Å²) in [5.74, 6) is -1.27. The van der Waals surface area contributed by atoms with Crippen molar-refractivity contribution in [3.8, 4) is 11.3 Å². The van der Waals surface area contributed by atoms with E-state index in [9.17, 15) is 19.3 Å². The summed E-state index contributed by atoms with van der Waals surface area (Å²) < 4.78 is 13.0. The van der Waals surface area contributed by atoms with Crippen LogP contribution in [0.15, 0.2) is 48.0 Å². The average molecular weight is 344 g/mol. The highest BCUT2D eigenvalue weighted by Crippen LogP contribution is 2.27. The van der Waals surface area contributed by atoms with Crippen LogP contribution < -0.4 is 5.32 Å². The summed E-state index contributed by atoms with van der Waals surface area (Å²) in [7, 11) is 0. The van der Waals surface area contributed by atoms with Crippen molar-refractivity contribution in [2.24, 2.45) is 0 Å². The molecule has 0 aliphatic carbocycles. The van der Waals surface area contributed by atoms with Crippen LogP contribution in [0.3, 0.4) is 0 Å². The van der Waals surface area contributed by atoms with Gasteiger partial charge in [-0.2, -0.15) is 4.39 Å². The second-order valence-electron chi connectivity index (χ2n) is 4.67. The molecule has 0 aliphatic heterocycles. The molecule has 24 heavy (non-hydrogen) atoms. The molecule has 0 fully saturated rings. The SMILES string of the molecule is O=C(Nc1nc(-c2cccc([N+](=O)[O-])c2)cs1)c1ccnc(F)c1. The number of nitrogens with one attached hydrogen (secondary N) is 1. The molecule has 0 atom stereocenters. The first-order valence-corrected chi connectivity index (χ1v) is 7.54. The smallest absolute Gasteiger partial charge is 0.270 e. The molecule has 0 spiro atoms. The van der Waals surface area contributed by atoms with Gasteiger partial charge in [0, 0.05) is 40.9 Å². The van der Waals surface area contributed by atoms with E-state index >= 15 is 0 Å². The van der Waals surface area contributed by atoms with Crippen LogP contribution in [0.25, 0.3) is 11.3 Å². The van der Waals surface area contributed by atoms with E-state index in [4.69, 9.17) is 0 Å². The maximum atomic E-state index is 13.0. The summed E-state index contributed by atoms with van der Waals surface area (Å²) in [6.07, 6.45) is 1.20. The molecule has 2 aromatic heterocycles. The van der Waals surface area contributed by atoms with Crippen molar-refractivity contribution in [3.05, 3.63) is 69.6 Å². The first-order chi connectivity index (χ1) is 11.5. The number of benzene rings is 1. The number of thiazole rings is 1. The minimum absolute atomic E-state index is 0.0432. The third kappa shape index (κ3) is 3.41. The quantitative estimate of drug-likeness (QED) is 0.444. The number of aromatic nitrogens is 2. The van der Waals surface area contributed by atoms with Crippen molar-refractivity contribution in [3.63, 3.8) is 0 Å². The first kappa shape index (κ1) is 15.7. The van der Waals surface area contributed by atoms with Gasteiger partial charge in [-0.05, 0) is 6.07 Å². The van der Waals surface area contributed by atoms with Crippen molar-refractivity contribution < 1.29 is 14.1 Å². The lowest BCUT2D eigenvalue weighted by Gasteiger charge is -2.01. The predicted molar refractivity (Wildman–Crippen MR) is 86.4 cm³/mol. The van der Waals surface area contributed by atoms with Gasteiger partial charge in [0.1, 0.15) is 0 Å². The Bertz CT molecular complexity index is 928. The van der Waals surface area contributed by atoms with Crippen LogP contribution in [-0.2, 0) is 0 Å². The van der Waals surface area contributed by atoms with E-state index in [1.165, 1.54) is 24.4 Å². The molecule has 1 N–H and O–H groups in total. The van der Waals surface area contributed by atoms with Crippen LogP contribution in [0.5, 0.6) is 0 Å². The molecule has 0 radical (unpaired) electrons. The van der Waals surface area contributed by atoms with Gasteiger partial charge in [0.25, 0.3) is 11.6 Å². The molecule has 0 saturated carbocycles. The Morgan fingerprint density at radius 3 is 2.88 bits per heavy atom. The lowest BCUT2D eigenvalue weighted by molar-refractivity contribution is -0.384. The number of amides is 1. The van der Waals surface area contributed by atoms with Crippen LogP contribution in [0.2, 0.25) is 0 Å². The Hall–Kier alpha value is -3.20. The van der Waals surface area contributed by atoms with Crippen molar-refractivity contribution >= 4 is 28.1 Å². The van der Waals surface area contributed by atoms with E-state index < -0.39 is 16.8 Å². The zero-order valence-corrected chi connectivity index (χ0v) is 12.8. The molecule has 0 bridgehead atoms. The topological polar surface area (TPSA) is 98.0 Å². The van der Waals surface area contributed by atoms with Crippen LogP contribution in [0.1, 0.15) is 10.4 Å². The molecule has 1 amide bonds. The van der Waals surface area contributed by atoms with Gasteiger partial charge in [-0.15, -0.1) is 11.3 Å². The number of nitro benzene ring substituents is 1. The summed E-state index contributed by atoms with van der Waals surface area (Å²) in [6, 6.07) is 8.43. The lowest BCUT2D eigenvalue weighted by atomic mass is 10.1. The Morgan fingerprint density at radius 1 is 1.29 bits per heavy atom. The number of hydrogen-bond donors (Lipinski definition) is 1. The number of carbonyl (C=O) groups excluding carboxylic acids is 1. The Morgan fingerprint density at radius 2 is 2.12 bits per heavy atom. The van der Waals surface area contributed by atoms with E-state index in [0.717, 1.165) is 17.4 Å². The van der Waals surface area contributed by atoms with Gasteiger partial charge in [0.15, 0.2) is 5.13 Å². The Labute approximate surface area is 139 Å². The van der Waals surface area contributed by atoms with Gasteiger partial charge < -0.3 is 0 Å². The molecule has 0 saturated heterocycles. The number of pyridine rings is 1. The van der Waals surface area contributed by atoms with Crippen LogP contribution in [0.4, 0.5) is 15.2 Å². The zero-order chi connectivity index (χ0) is 17.1. The standard InChI is InChI=1S/C15H9FN4O3S/c16-13-7-10(4-5-17-13)14(21)19-15-18-12(8-24-15)9-2-1-3-11(6-9)20(22)23/h1-8H,(H,18,19,21). The molecule has 120 valence electrons. The molecule has 3 aromatic rings. The van der Waals surface area contributed by atoms with E-state index in [-0.39, 0.29) is 11.3 Å². The fourth-order valence-electron chi connectivity index (χ4n) is 1.96. The summed E-state index contributed by atoms with van der Waals surface area (Å²) in [6.45, 7) is 0. The molecular weight excluding hydrogens is 335 g/mol. The molecule has 7 nitrogen and oxygen atoms in total. The van der Waals surface area contributed by atoms with Crippen LogP contribution >= 0.6 is 11.3 Å². The minimum atomic E-state index is -0.751. The number of carbonyl (C=O) groups is 1. The largest absolute Gasteiger partial charge is 0.298 e. The van der Waals surface area contributed by atoms with Crippen molar-refractivity contribution in [2.75, 3.05) is 5.32 Å². The summed E-state index contributed by atoms with van der Waals surface area (Å²) in [4.78, 5) is 30.0. The highest BCUT2D eigenvalue weighted by molar-refractivity contribution is 7.14. The third-order valence-corrected chi connectivity index (χ3v) is 3.82. The van der Waals surface area contributed by atoms with E-state index in [0.29, 0.717) is 16.4 Å². The number of rotatable bonds is 4. The molecule has 1 aromatic carbocycles. The second kappa shape index (κ2) is 6.50. The van der Waals surface area contributed by atoms with E-state index in [2.05, 4.69) is 15.3 Å². The Balaban J connectivity index is 1.80. The highest BCUT2D eigenvalue weighted by atomic mass is 32.1. The lowest BCUT2D eigenvalue weighted by Crippen LogP contribution is -2.12. The summed E-state index contributed by atoms with van der Waals surface area (Å²) >= 11 is 1.16. The number of hydrogen-bond acceptors (Lipinski definition) is 6. The molecule has 0 unspecified atom stereocenters. The van der Waals surface area contributed by atoms with Crippen LogP contribution in [-0.4, -0.2) is 20.8 Å². The number of non-ortho nitro benzene ring substituents is 1. The van der Waals surface area contributed by atoms with Crippen LogP contribution in [0, 0.1) is 16.1 Å². The molecule has 0 aliphatic rings. The van der Waals surface area contributed by atoms with Gasteiger partial charge in [-0.25, -0.2) is 9.97 Å². The van der Waals surface area contributed by atoms with Gasteiger partial charge in [0.05, 0.1) is 10.6 Å². The molecule has 9 heteroatoms. The maximum Gasteiger partial charge on any atom is 0.270 e. The number of anilines is 1. The summed E-state index contributed by atoms with van der Waals surface area (Å²) in [5.41, 5.74) is 1.14. The fourth-order valence-corrected chi connectivity index (χ4v) is 2.67. The average Bonchev–Trinajstić information content (AvgIpc) is 3.03.